The van der Waals surface area contributed by atoms with E-state index in [0.29, 0.717) is 18.8 Å². The number of nitrogens with zero attached hydrogens (tertiary/aromatic N) is 3. The molecule has 1 saturated heterocycles. The Bertz CT molecular complexity index is 1390. The number of nitrogen functional groups attached to an aromatic ring is 1. The van der Waals surface area contributed by atoms with Gasteiger partial charge in [-0.3, -0.25) is 10.1 Å². The molecular weight excluding hydrogens is 454 g/mol. The number of anilines is 1. The molecule has 0 saturated carbocycles. The number of nitrogens with one attached hydrogen (secondary N) is 1. The molecule has 0 aliphatic carbocycles. The average Bonchev–Trinajstić information content (AvgIpc) is 3.41. The van der Waals surface area contributed by atoms with Crippen LogP contribution in [0.3, 0.4) is 0 Å². The summed E-state index contributed by atoms with van der Waals surface area (Å²) < 4.78 is 13.9. The van der Waals surface area contributed by atoms with Crippen LogP contribution >= 0.6 is 0 Å². The Hall–Kier alpha value is -3.91. The normalized spacial score (nSPS) is 17.9. The minimum atomic E-state index is -0.555. The van der Waals surface area contributed by atoms with Crippen molar-refractivity contribution < 1.29 is 14.3 Å². The molecule has 2 aromatic heterocycles. The second kappa shape index (κ2) is 9.28. The van der Waals surface area contributed by atoms with Crippen molar-refractivity contribution in [2.45, 2.75) is 46.4 Å². The summed E-state index contributed by atoms with van der Waals surface area (Å²) in [5, 5.41) is 4.16. The summed E-state index contributed by atoms with van der Waals surface area (Å²) in [5.74, 6) is 1.74. The summed E-state index contributed by atoms with van der Waals surface area (Å²) in [4.78, 5) is 21.3. The number of rotatable bonds is 5. The predicted molar refractivity (Wildman–Crippen MR) is 140 cm³/mol. The van der Waals surface area contributed by atoms with Crippen LogP contribution in [0.5, 0.6) is 11.5 Å². The number of hydrogen-bond donors (Lipinski definition) is 2. The lowest BCUT2D eigenvalue weighted by Gasteiger charge is -2.21. The molecule has 0 spiro atoms. The molecule has 4 aromatic rings. The first-order chi connectivity index (χ1) is 17.2. The van der Waals surface area contributed by atoms with Crippen molar-refractivity contribution >= 4 is 22.8 Å². The topological polar surface area (TPSA) is 104 Å². The van der Waals surface area contributed by atoms with Crippen LogP contribution in [-0.2, 0) is 9.53 Å². The Morgan fingerprint density at radius 3 is 2.44 bits per heavy atom. The molecule has 0 amide bonds. The Morgan fingerprint density at radius 2 is 1.75 bits per heavy atom. The third-order valence-corrected chi connectivity index (χ3v) is 6.47. The third kappa shape index (κ3) is 4.52. The maximum atomic E-state index is 12.4. The Balaban J connectivity index is 1.47. The minimum absolute atomic E-state index is 0.0500. The van der Waals surface area contributed by atoms with Gasteiger partial charge in [0.25, 0.3) is 0 Å². The number of nitrogens with two attached hydrogens (primary N) is 1. The largest absolute Gasteiger partial charge is 0.457 e. The molecular formula is C28H31N5O3. The molecule has 0 bridgehead atoms. The number of benzene rings is 2. The van der Waals surface area contributed by atoms with Gasteiger partial charge in [0.2, 0.25) is 0 Å². The van der Waals surface area contributed by atoms with Crippen LogP contribution in [0.1, 0.15) is 38.9 Å². The maximum absolute atomic E-state index is 12.4. The zero-order valence-electron chi connectivity index (χ0n) is 21.0. The average molecular weight is 486 g/mol. The van der Waals surface area contributed by atoms with Crippen LogP contribution in [-0.4, -0.2) is 33.3 Å². The molecule has 1 aliphatic rings. The SMILES string of the molecule is Cc1c(-c2ccc(Oc3ccccc3)cc2)c2c(N)ncnc2n1[C@H]1CNC(OC(=O)C(C)(C)C)C1. The van der Waals surface area contributed by atoms with E-state index in [1.165, 1.54) is 6.33 Å². The number of carbonyl (C=O) groups is 1. The Kier molecular flexibility index (Phi) is 6.14. The number of para-hydroxylation sites is 1. The summed E-state index contributed by atoms with van der Waals surface area (Å²) in [6.45, 7) is 8.29. The van der Waals surface area contributed by atoms with E-state index in [9.17, 15) is 4.79 Å². The number of ether oxygens (including phenoxy) is 2. The molecule has 1 aliphatic heterocycles. The lowest BCUT2D eigenvalue weighted by molar-refractivity contribution is -0.159. The zero-order chi connectivity index (χ0) is 25.4. The second-order valence-electron chi connectivity index (χ2n) is 10.2. The van der Waals surface area contributed by atoms with Gasteiger partial charge < -0.3 is 19.8 Å². The fourth-order valence-corrected chi connectivity index (χ4v) is 4.66. The lowest BCUT2D eigenvalue weighted by Crippen LogP contribution is -2.33. The van der Waals surface area contributed by atoms with E-state index in [1.54, 1.807) is 0 Å². The van der Waals surface area contributed by atoms with Crippen molar-refractivity contribution in [1.29, 1.82) is 0 Å². The molecule has 8 heteroatoms. The quantitative estimate of drug-likeness (QED) is 0.373. The number of esters is 1. The summed E-state index contributed by atoms with van der Waals surface area (Å²) in [5.41, 5.74) is 9.61. The molecule has 36 heavy (non-hydrogen) atoms. The molecule has 186 valence electrons. The molecule has 0 radical (unpaired) electrons. The summed E-state index contributed by atoms with van der Waals surface area (Å²) in [7, 11) is 0. The highest BCUT2D eigenvalue weighted by molar-refractivity contribution is 6.02. The molecule has 2 aromatic carbocycles. The van der Waals surface area contributed by atoms with Gasteiger partial charge in [-0.25, -0.2) is 9.97 Å². The fraction of sp³-hybridized carbons (Fsp3) is 0.321. The summed E-state index contributed by atoms with van der Waals surface area (Å²) >= 11 is 0. The molecule has 5 rings (SSSR count). The van der Waals surface area contributed by atoms with E-state index in [1.807, 2.05) is 75.4 Å². The van der Waals surface area contributed by atoms with Gasteiger partial charge in [-0.2, -0.15) is 0 Å². The summed E-state index contributed by atoms with van der Waals surface area (Å²) in [6, 6.07) is 17.7. The third-order valence-electron chi connectivity index (χ3n) is 6.47. The van der Waals surface area contributed by atoms with Gasteiger partial charge in [-0.05, 0) is 57.5 Å². The fourth-order valence-electron chi connectivity index (χ4n) is 4.66. The van der Waals surface area contributed by atoms with Crippen LogP contribution < -0.4 is 15.8 Å². The van der Waals surface area contributed by atoms with Crippen LogP contribution in [0.4, 0.5) is 5.82 Å². The van der Waals surface area contributed by atoms with E-state index >= 15 is 0 Å². The van der Waals surface area contributed by atoms with Crippen molar-refractivity contribution in [3.63, 3.8) is 0 Å². The molecule has 3 heterocycles. The molecule has 3 N–H and O–H groups in total. The number of hydrogen-bond acceptors (Lipinski definition) is 7. The van der Waals surface area contributed by atoms with Crippen molar-refractivity contribution in [2.75, 3.05) is 12.3 Å². The predicted octanol–water partition coefficient (Wildman–Crippen LogP) is 5.23. The van der Waals surface area contributed by atoms with Gasteiger partial charge in [-0.15, -0.1) is 0 Å². The van der Waals surface area contributed by atoms with Crippen molar-refractivity contribution in [3.05, 3.63) is 66.6 Å². The number of carbonyl (C=O) groups excluding carboxylic acids is 1. The van der Waals surface area contributed by atoms with Gasteiger partial charge in [0, 0.05) is 24.2 Å². The van der Waals surface area contributed by atoms with Crippen LogP contribution in [0.15, 0.2) is 60.9 Å². The van der Waals surface area contributed by atoms with E-state index in [-0.39, 0.29) is 18.2 Å². The van der Waals surface area contributed by atoms with E-state index < -0.39 is 5.41 Å². The monoisotopic (exact) mass is 485 g/mol. The highest BCUT2D eigenvalue weighted by atomic mass is 16.6. The Labute approximate surface area is 210 Å². The van der Waals surface area contributed by atoms with Crippen LogP contribution in [0.2, 0.25) is 0 Å². The van der Waals surface area contributed by atoms with Crippen LogP contribution in [0, 0.1) is 12.3 Å². The van der Waals surface area contributed by atoms with Crippen molar-refractivity contribution in [2.24, 2.45) is 5.41 Å². The van der Waals surface area contributed by atoms with Gasteiger partial charge in [0.05, 0.1) is 16.8 Å². The van der Waals surface area contributed by atoms with Crippen LogP contribution in [0.25, 0.3) is 22.2 Å². The van der Waals surface area contributed by atoms with Gasteiger partial charge >= 0.3 is 5.97 Å². The molecule has 1 unspecified atom stereocenters. The smallest absolute Gasteiger partial charge is 0.312 e. The van der Waals surface area contributed by atoms with E-state index in [0.717, 1.165) is 39.4 Å². The van der Waals surface area contributed by atoms with Gasteiger partial charge in [0.15, 0.2) is 6.23 Å². The van der Waals surface area contributed by atoms with Gasteiger partial charge in [0.1, 0.15) is 29.3 Å². The number of aromatic nitrogens is 3. The highest BCUT2D eigenvalue weighted by Gasteiger charge is 2.34. The first-order valence-corrected chi connectivity index (χ1v) is 12.1. The standard InChI is InChI=1S/C28H31N5O3/c1-17-23(18-10-12-21(13-11-18)35-20-8-6-5-7-9-20)24-25(29)31-16-32-26(24)33(17)19-14-22(30-15-19)36-27(34)28(2,3)4/h5-13,16,19,22,30H,14-15H2,1-4H3,(H2,29,31,32)/t19-,22?/m1/s1. The number of fused-ring (bicyclic) bond motifs is 1. The van der Waals surface area contributed by atoms with E-state index in [2.05, 4.69) is 26.8 Å². The van der Waals surface area contributed by atoms with E-state index in [4.69, 9.17) is 15.2 Å². The zero-order valence-corrected chi connectivity index (χ0v) is 21.0. The first kappa shape index (κ1) is 23.8. The highest BCUT2D eigenvalue weighted by Crippen LogP contribution is 2.40. The molecule has 8 nitrogen and oxygen atoms in total. The second-order valence-corrected chi connectivity index (χ2v) is 10.2. The Morgan fingerprint density at radius 1 is 1.06 bits per heavy atom. The van der Waals surface area contributed by atoms with Gasteiger partial charge in [-0.1, -0.05) is 30.3 Å². The minimum Gasteiger partial charge on any atom is -0.457 e. The van der Waals surface area contributed by atoms with Crippen molar-refractivity contribution in [1.82, 2.24) is 19.9 Å². The van der Waals surface area contributed by atoms with Crippen molar-refractivity contribution in [3.8, 4) is 22.6 Å². The lowest BCUT2D eigenvalue weighted by atomic mass is 9.97. The summed E-state index contributed by atoms with van der Waals surface area (Å²) in [6.07, 6.45) is 1.78. The molecule has 1 fully saturated rings. The molecule has 2 atom stereocenters. The first-order valence-electron chi connectivity index (χ1n) is 12.1. The maximum Gasteiger partial charge on any atom is 0.312 e.